The van der Waals surface area contributed by atoms with E-state index >= 15 is 0 Å². The fraction of sp³-hybridized carbons (Fsp3) is 0.381. The summed E-state index contributed by atoms with van der Waals surface area (Å²) in [5.74, 6) is -1.69. The molecule has 1 atom stereocenters. The van der Waals surface area contributed by atoms with Gasteiger partial charge in [0.25, 0.3) is 5.91 Å². The minimum Gasteiger partial charge on any atom is -0.467 e. The monoisotopic (exact) mass is 386 g/mol. The Morgan fingerprint density at radius 2 is 1.82 bits per heavy atom. The molecule has 1 aromatic heterocycles. The van der Waals surface area contributed by atoms with Gasteiger partial charge >= 0.3 is 11.9 Å². The normalized spacial score (nSPS) is 11.6. The lowest BCUT2D eigenvalue weighted by Gasteiger charge is -2.16. The van der Waals surface area contributed by atoms with Crippen LogP contribution in [0.15, 0.2) is 36.4 Å². The van der Waals surface area contributed by atoms with Crippen LogP contribution in [0.3, 0.4) is 0 Å². The standard InChI is InChI=1S/C21H26N2O5/c1-5-23-14(2)11-17(15(23)3)20(25)28-13-19(24)22-18(21(26)27-4)12-16-9-7-6-8-10-16/h6-11,18H,5,12-13H2,1-4H3,(H,22,24)/t18-/m0/s1. The number of aromatic nitrogens is 1. The van der Waals surface area contributed by atoms with Crippen molar-refractivity contribution < 1.29 is 23.9 Å². The lowest BCUT2D eigenvalue weighted by Crippen LogP contribution is -2.44. The van der Waals surface area contributed by atoms with Crippen LogP contribution in [0.5, 0.6) is 0 Å². The van der Waals surface area contributed by atoms with E-state index in [2.05, 4.69) is 5.32 Å². The van der Waals surface area contributed by atoms with E-state index in [-0.39, 0.29) is 6.42 Å². The smallest absolute Gasteiger partial charge is 0.340 e. The molecule has 0 saturated carbocycles. The highest BCUT2D eigenvalue weighted by molar-refractivity contribution is 5.93. The van der Waals surface area contributed by atoms with Gasteiger partial charge in [0.15, 0.2) is 6.61 Å². The number of nitrogens with zero attached hydrogens (tertiary/aromatic N) is 1. The molecule has 0 bridgehead atoms. The topological polar surface area (TPSA) is 86.6 Å². The summed E-state index contributed by atoms with van der Waals surface area (Å²) in [6.45, 7) is 6.00. The van der Waals surface area contributed by atoms with E-state index in [9.17, 15) is 14.4 Å². The summed E-state index contributed by atoms with van der Waals surface area (Å²) in [6, 6.07) is 10.1. The quantitative estimate of drug-likeness (QED) is 0.703. The van der Waals surface area contributed by atoms with Gasteiger partial charge in [-0.2, -0.15) is 0 Å². The fourth-order valence-electron chi connectivity index (χ4n) is 3.12. The molecule has 0 spiro atoms. The molecule has 150 valence electrons. The Morgan fingerprint density at radius 1 is 1.14 bits per heavy atom. The summed E-state index contributed by atoms with van der Waals surface area (Å²) in [5, 5.41) is 2.57. The van der Waals surface area contributed by atoms with Crippen molar-refractivity contribution in [2.45, 2.75) is 39.8 Å². The number of benzene rings is 1. The fourth-order valence-corrected chi connectivity index (χ4v) is 3.12. The van der Waals surface area contributed by atoms with Gasteiger partial charge < -0.3 is 19.4 Å². The van der Waals surface area contributed by atoms with Crippen LogP contribution in [-0.2, 0) is 32.0 Å². The molecule has 0 radical (unpaired) electrons. The highest BCUT2D eigenvalue weighted by Gasteiger charge is 2.23. The molecule has 0 aliphatic rings. The Kier molecular flexibility index (Phi) is 7.37. The van der Waals surface area contributed by atoms with Crippen molar-refractivity contribution >= 4 is 17.8 Å². The first kappa shape index (κ1) is 21.2. The molecule has 2 rings (SSSR count). The van der Waals surface area contributed by atoms with Gasteiger partial charge in [-0.3, -0.25) is 4.79 Å². The number of ether oxygens (including phenoxy) is 2. The van der Waals surface area contributed by atoms with E-state index in [4.69, 9.17) is 9.47 Å². The Hall–Kier alpha value is -3.09. The molecule has 1 heterocycles. The van der Waals surface area contributed by atoms with Crippen LogP contribution in [-0.4, -0.2) is 42.2 Å². The van der Waals surface area contributed by atoms with Crippen LogP contribution in [0.1, 0.15) is 34.2 Å². The van der Waals surface area contributed by atoms with E-state index in [0.717, 1.165) is 23.5 Å². The number of hydrogen-bond donors (Lipinski definition) is 1. The highest BCUT2D eigenvalue weighted by Crippen LogP contribution is 2.16. The summed E-state index contributed by atoms with van der Waals surface area (Å²) in [4.78, 5) is 36.5. The molecule has 1 N–H and O–H groups in total. The Bertz CT molecular complexity index is 842. The number of carbonyl (C=O) groups is 3. The number of esters is 2. The maximum Gasteiger partial charge on any atom is 0.340 e. The van der Waals surface area contributed by atoms with Crippen LogP contribution in [0.25, 0.3) is 0 Å². The molecular formula is C21H26N2O5. The lowest BCUT2D eigenvalue weighted by molar-refractivity contribution is -0.145. The predicted molar refractivity (Wildman–Crippen MR) is 104 cm³/mol. The number of amides is 1. The SMILES string of the molecule is CCn1c(C)cc(C(=O)OCC(=O)N[C@@H](Cc2ccccc2)C(=O)OC)c1C. The van der Waals surface area contributed by atoms with E-state index in [1.165, 1.54) is 7.11 Å². The minimum absolute atomic E-state index is 0.283. The van der Waals surface area contributed by atoms with E-state index in [1.807, 2.05) is 55.7 Å². The van der Waals surface area contributed by atoms with Gasteiger partial charge in [-0.05, 0) is 32.4 Å². The molecule has 0 aliphatic carbocycles. The molecule has 7 nitrogen and oxygen atoms in total. The Labute approximate surface area is 164 Å². The summed E-state index contributed by atoms with van der Waals surface area (Å²) >= 11 is 0. The number of aryl methyl sites for hydroxylation is 1. The van der Waals surface area contributed by atoms with E-state index in [1.54, 1.807) is 6.07 Å². The molecule has 0 unspecified atom stereocenters. The zero-order valence-electron chi connectivity index (χ0n) is 16.7. The predicted octanol–water partition coefficient (Wildman–Crippen LogP) is 2.18. The molecule has 0 saturated heterocycles. The molecular weight excluding hydrogens is 360 g/mol. The number of methoxy groups -OCH3 is 1. The van der Waals surface area contributed by atoms with E-state index < -0.39 is 30.5 Å². The maximum atomic E-state index is 12.3. The lowest BCUT2D eigenvalue weighted by atomic mass is 10.1. The molecule has 0 aliphatic heterocycles. The Morgan fingerprint density at radius 3 is 2.39 bits per heavy atom. The summed E-state index contributed by atoms with van der Waals surface area (Å²) in [7, 11) is 1.26. The van der Waals surface area contributed by atoms with Gasteiger partial charge in [0.05, 0.1) is 12.7 Å². The van der Waals surface area contributed by atoms with Crippen molar-refractivity contribution in [3.8, 4) is 0 Å². The molecule has 28 heavy (non-hydrogen) atoms. The second kappa shape index (κ2) is 9.73. The summed E-state index contributed by atoms with van der Waals surface area (Å²) in [5.41, 5.74) is 3.05. The largest absolute Gasteiger partial charge is 0.467 e. The van der Waals surface area contributed by atoms with Crippen LogP contribution >= 0.6 is 0 Å². The zero-order chi connectivity index (χ0) is 20.7. The number of nitrogens with one attached hydrogen (secondary N) is 1. The van der Waals surface area contributed by atoms with Crippen molar-refractivity contribution in [1.82, 2.24) is 9.88 Å². The molecule has 2 aromatic rings. The summed E-state index contributed by atoms with van der Waals surface area (Å²) < 4.78 is 11.9. The van der Waals surface area contributed by atoms with Crippen LogP contribution < -0.4 is 5.32 Å². The minimum atomic E-state index is -0.858. The maximum absolute atomic E-state index is 12.3. The van der Waals surface area contributed by atoms with Crippen LogP contribution in [0.4, 0.5) is 0 Å². The van der Waals surface area contributed by atoms with Gasteiger partial charge in [0.1, 0.15) is 6.04 Å². The number of rotatable bonds is 8. The third-order valence-corrected chi connectivity index (χ3v) is 4.55. The van der Waals surface area contributed by atoms with Crippen molar-refractivity contribution in [3.05, 3.63) is 58.9 Å². The molecule has 1 aromatic carbocycles. The third kappa shape index (κ3) is 5.22. The average molecular weight is 386 g/mol. The molecule has 1 amide bonds. The van der Waals surface area contributed by atoms with Gasteiger partial charge in [-0.15, -0.1) is 0 Å². The summed E-state index contributed by atoms with van der Waals surface area (Å²) in [6.07, 6.45) is 0.283. The second-order valence-electron chi connectivity index (χ2n) is 6.44. The zero-order valence-corrected chi connectivity index (χ0v) is 16.7. The van der Waals surface area contributed by atoms with Gasteiger partial charge in [0, 0.05) is 24.4 Å². The average Bonchev–Trinajstić information content (AvgIpc) is 2.99. The first-order valence-corrected chi connectivity index (χ1v) is 9.12. The van der Waals surface area contributed by atoms with Crippen LogP contribution in [0, 0.1) is 13.8 Å². The van der Waals surface area contributed by atoms with Crippen LogP contribution in [0.2, 0.25) is 0 Å². The second-order valence-corrected chi connectivity index (χ2v) is 6.44. The number of carbonyl (C=O) groups excluding carboxylic acids is 3. The van der Waals surface area contributed by atoms with Crippen molar-refractivity contribution in [2.24, 2.45) is 0 Å². The van der Waals surface area contributed by atoms with Gasteiger partial charge in [-0.25, -0.2) is 9.59 Å². The van der Waals surface area contributed by atoms with Crippen molar-refractivity contribution in [2.75, 3.05) is 13.7 Å². The van der Waals surface area contributed by atoms with Gasteiger partial charge in [-0.1, -0.05) is 30.3 Å². The highest BCUT2D eigenvalue weighted by atomic mass is 16.5. The molecule has 0 fully saturated rings. The van der Waals surface area contributed by atoms with Crippen molar-refractivity contribution in [1.29, 1.82) is 0 Å². The first-order chi connectivity index (χ1) is 13.4. The Balaban J connectivity index is 1.97. The first-order valence-electron chi connectivity index (χ1n) is 9.12. The number of hydrogen-bond acceptors (Lipinski definition) is 5. The van der Waals surface area contributed by atoms with E-state index in [0.29, 0.717) is 5.56 Å². The third-order valence-electron chi connectivity index (χ3n) is 4.55. The van der Waals surface area contributed by atoms with Crippen molar-refractivity contribution in [3.63, 3.8) is 0 Å². The molecule has 7 heteroatoms. The van der Waals surface area contributed by atoms with Gasteiger partial charge in [0.2, 0.25) is 0 Å².